The van der Waals surface area contributed by atoms with Crippen LogP contribution in [0.1, 0.15) is 53.2 Å². The molecule has 4 atom stereocenters. The SMILES string of the molecule is CCCCCNS(=O)(=O)c1ccc(NC(=O)Nc2ncnc3c2ncn3[C@@H]2O[C@H](C(=O)NCC)[C@H]3OC(C)(C)O[C@H]32)cc1. The van der Waals surface area contributed by atoms with Crippen LogP contribution in [0.5, 0.6) is 0 Å². The van der Waals surface area contributed by atoms with Crippen molar-refractivity contribution in [1.29, 1.82) is 0 Å². The van der Waals surface area contributed by atoms with Crippen LogP contribution in [0.15, 0.2) is 41.8 Å². The number of unbranched alkanes of at least 4 members (excludes halogenated alkanes) is 2. The maximum Gasteiger partial charge on any atom is 0.324 e. The molecule has 0 saturated carbocycles. The van der Waals surface area contributed by atoms with Crippen molar-refractivity contribution in [2.45, 2.75) is 82.2 Å². The lowest BCUT2D eigenvalue weighted by molar-refractivity contribution is -0.197. The second-order valence-electron chi connectivity index (χ2n) is 10.7. The summed E-state index contributed by atoms with van der Waals surface area (Å²) in [7, 11) is -3.64. The topological polar surface area (TPSA) is 188 Å². The van der Waals surface area contributed by atoms with Gasteiger partial charge in [0.05, 0.1) is 11.2 Å². The number of aromatic nitrogens is 4. The second-order valence-corrected chi connectivity index (χ2v) is 12.4. The minimum atomic E-state index is -3.64. The Labute approximate surface area is 249 Å². The summed E-state index contributed by atoms with van der Waals surface area (Å²) in [6, 6.07) is 5.21. The first-order chi connectivity index (χ1) is 20.5. The van der Waals surface area contributed by atoms with Crippen LogP contribution in [0.4, 0.5) is 16.3 Å². The van der Waals surface area contributed by atoms with Gasteiger partial charge in [-0.15, -0.1) is 0 Å². The van der Waals surface area contributed by atoms with E-state index in [1.807, 2.05) is 13.8 Å². The van der Waals surface area contributed by atoms with E-state index in [0.717, 1.165) is 19.3 Å². The third-order valence-corrected chi connectivity index (χ3v) is 8.48. The molecule has 0 aliphatic carbocycles. The lowest BCUT2D eigenvalue weighted by Crippen LogP contribution is -2.42. The first-order valence-electron chi connectivity index (χ1n) is 14.2. The van der Waals surface area contributed by atoms with Gasteiger partial charge in [0.2, 0.25) is 10.0 Å². The predicted molar refractivity (Wildman–Crippen MR) is 156 cm³/mol. The van der Waals surface area contributed by atoms with Crippen molar-refractivity contribution in [3.05, 3.63) is 36.9 Å². The van der Waals surface area contributed by atoms with Gasteiger partial charge in [-0.05, 0) is 51.5 Å². The quantitative estimate of drug-likeness (QED) is 0.233. The third-order valence-electron chi connectivity index (χ3n) is 7.00. The molecular formula is C27H36N8O7S. The number of likely N-dealkylation sites (N-methyl/N-ethyl adjacent to an activating group) is 1. The van der Waals surface area contributed by atoms with E-state index in [1.165, 1.54) is 36.9 Å². The van der Waals surface area contributed by atoms with Crippen LogP contribution in [0.2, 0.25) is 0 Å². The average Bonchev–Trinajstić information content (AvgIpc) is 3.62. The zero-order valence-electron chi connectivity index (χ0n) is 24.4. The van der Waals surface area contributed by atoms with Gasteiger partial charge in [-0.2, -0.15) is 0 Å². The van der Waals surface area contributed by atoms with Crippen LogP contribution in [-0.2, 0) is 29.0 Å². The van der Waals surface area contributed by atoms with Gasteiger partial charge in [-0.3, -0.25) is 14.7 Å². The molecule has 2 aliphatic heterocycles. The summed E-state index contributed by atoms with van der Waals surface area (Å²) in [5.41, 5.74) is 1.01. The number of nitrogens with one attached hydrogen (secondary N) is 4. The lowest BCUT2D eigenvalue weighted by Gasteiger charge is -2.24. The Kier molecular flexibility index (Phi) is 8.94. The molecule has 2 saturated heterocycles. The van der Waals surface area contributed by atoms with Crippen LogP contribution < -0.4 is 20.7 Å². The van der Waals surface area contributed by atoms with E-state index < -0.39 is 46.4 Å². The van der Waals surface area contributed by atoms with Crippen LogP contribution in [0.25, 0.3) is 11.2 Å². The summed E-state index contributed by atoms with van der Waals surface area (Å²) in [5, 5.41) is 8.08. The normalized spacial score (nSPS) is 22.8. The Morgan fingerprint density at radius 3 is 2.47 bits per heavy atom. The number of anilines is 2. The maximum atomic E-state index is 12.8. The van der Waals surface area contributed by atoms with Crippen LogP contribution in [0, 0.1) is 0 Å². The molecule has 4 heterocycles. The van der Waals surface area contributed by atoms with Crippen molar-refractivity contribution in [3.63, 3.8) is 0 Å². The molecule has 3 aromatic rings. The van der Waals surface area contributed by atoms with Crippen LogP contribution in [0.3, 0.4) is 0 Å². The third kappa shape index (κ3) is 6.62. The number of fused-ring (bicyclic) bond motifs is 2. The molecule has 4 N–H and O–H groups in total. The Morgan fingerprint density at radius 2 is 1.74 bits per heavy atom. The fraction of sp³-hybridized carbons (Fsp3) is 0.519. The molecule has 0 bridgehead atoms. The largest absolute Gasteiger partial charge is 0.354 e. The van der Waals surface area contributed by atoms with Gasteiger partial charge in [-0.25, -0.2) is 32.9 Å². The molecule has 5 rings (SSSR count). The van der Waals surface area contributed by atoms with E-state index in [0.29, 0.717) is 24.4 Å². The highest BCUT2D eigenvalue weighted by Crippen LogP contribution is 2.44. The minimum absolute atomic E-state index is 0.101. The molecule has 1 aromatic carbocycles. The first kappa shape index (κ1) is 30.7. The summed E-state index contributed by atoms with van der Waals surface area (Å²) in [6.45, 7) is 8.19. The van der Waals surface area contributed by atoms with Gasteiger partial charge in [0.15, 0.2) is 35.1 Å². The Balaban J connectivity index is 1.28. The molecule has 3 amide bonds. The Morgan fingerprint density at radius 1 is 1.00 bits per heavy atom. The van der Waals surface area contributed by atoms with Gasteiger partial charge < -0.3 is 24.8 Å². The summed E-state index contributed by atoms with van der Waals surface area (Å²) < 4.78 is 47.4. The molecule has 0 spiro atoms. The second kappa shape index (κ2) is 12.5. The highest BCUT2D eigenvalue weighted by molar-refractivity contribution is 7.89. The van der Waals surface area contributed by atoms with Gasteiger partial charge >= 0.3 is 6.03 Å². The fourth-order valence-electron chi connectivity index (χ4n) is 5.07. The molecular weight excluding hydrogens is 580 g/mol. The van der Waals surface area contributed by atoms with Crippen molar-refractivity contribution >= 4 is 44.6 Å². The summed E-state index contributed by atoms with van der Waals surface area (Å²) >= 11 is 0. The monoisotopic (exact) mass is 616 g/mol. The number of hydrogen-bond donors (Lipinski definition) is 4. The highest BCUT2D eigenvalue weighted by atomic mass is 32.2. The zero-order valence-corrected chi connectivity index (χ0v) is 25.2. The fourth-order valence-corrected chi connectivity index (χ4v) is 6.14. The van der Waals surface area contributed by atoms with Crippen LogP contribution >= 0.6 is 0 Å². The number of nitrogens with zero attached hydrogens (tertiary/aromatic N) is 4. The van der Waals surface area contributed by atoms with E-state index in [2.05, 4.69) is 35.6 Å². The molecule has 2 aliphatic rings. The molecule has 0 unspecified atom stereocenters. The van der Waals surface area contributed by atoms with Crippen molar-refractivity contribution in [1.82, 2.24) is 29.6 Å². The zero-order chi connectivity index (χ0) is 30.8. The molecule has 43 heavy (non-hydrogen) atoms. The molecule has 16 heteroatoms. The number of carbonyl (C=O) groups is 2. The molecule has 232 valence electrons. The predicted octanol–water partition coefficient (Wildman–Crippen LogP) is 2.49. The van der Waals surface area contributed by atoms with Gasteiger partial charge in [-0.1, -0.05) is 19.8 Å². The first-order valence-corrected chi connectivity index (χ1v) is 15.7. The number of benzene rings is 1. The van der Waals surface area contributed by atoms with E-state index in [4.69, 9.17) is 14.2 Å². The van der Waals surface area contributed by atoms with Crippen LogP contribution in [-0.4, -0.2) is 77.1 Å². The van der Waals surface area contributed by atoms with Crippen molar-refractivity contribution < 1.29 is 32.2 Å². The number of rotatable bonds is 11. The summed E-state index contributed by atoms with van der Waals surface area (Å²) in [4.78, 5) is 38.5. The van der Waals surface area contributed by atoms with Gasteiger partial charge in [0.1, 0.15) is 18.5 Å². The van der Waals surface area contributed by atoms with Crippen molar-refractivity contribution in [2.75, 3.05) is 23.7 Å². The number of imidazole rings is 1. The van der Waals surface area contributed by atoms with Gasteiger partial charge in [0, 0.05) is 18.8 Å². The highest BCUT2D eigenvalue weighted by Gasteiger charge is 2.58. The number of urea groups is 1. The maximum absolute atomic E-state index is 12.8. The van der Waals surface area contributed by atoms with Gasteiger partial charge in [0.25, 0.3) is 5.91 Å². The summed E-state index contributed by atoms with van der Waals surface area (Å²) in [6.07, 6.45) is 2.49. The number of amides is 3. The standard InChI is InChI=1S/C27H36N8O7S/c1-5-7-8-13-32-43(38,39)17-11-9-16(10-12-17)33-26(37)34-22-18-23(30-14-29-22)35(15-31-18)25-21-19(41-27(3,4)42-21)20(40-25)24(36)28-6-2/h9-12,14-15,19-21,25,32H,5-8,13H2,1-4H3,(H,28,36)(H2,29,30,33,34,37)/t19-,20+,21-,25-/m1/s1. The minimum Gasteiger partial charge on any atom is -0.354 e. The molecule has 15 nitrogen and oxygen atoms in total. The number of sulfonamides is 1. The lowest BCUT2D eigenvalue weighted by atomic mass is 10.1. The molecule has 0 radical (unpaired) electrons. The Hall–Kier alpha value is -3.70. The molecule has 2 fully saturated rings. The number of ether oxygens (including phenoxy) is 3. The number of hydrogen-bond acceptors (Lipinski definition) is 10. The van der Waals surface area contributed by atoms with E-state index in [9.17, 15) is 18.0 Å². The average molecular weight is 617 g/mol. The summed E-state index contributed by atoms with van der Waals surface area (Å²) in [5.74, 6) is -1.10. The van der Waals surface area contributed by atoms with E-state index in [1.54, 1.807) is 18.4 Å². The molecule has 2 aromatic heterocycles. The van der Waals surface area contributed by atoms with E-state index in [-0.39, 0.29) is 22.1 Å². The smallest absolute Gasteiger partial charge is 0.324 e. The Bertz CT molecular complexity index is 1580. The number of carbonyl (C=O) groups excluding carboxylic acids is 2. The van der Waals surface area contributed by atoms with Crippen molar-refractivity contribution in [3.8, 4) is 0 Å². The van der Waals surface area contributed by atoms with E-state index >= 15 is 0 Å². The van der Waals surface area contributed by atoms with Crippen molar-refractivity contribution in [2.24, 2.45) is 0 Å².